The highest BCUT2D eigenvalue weighted by molar-refractivity contribution is 5.88. The lowest BCUT2D eigenvalue weighted by molar-refractivity contribution is 0.0694. The van der Waals surface area contributed by atoms with Crippen molar-refractivity contribution in [1.29, 1.82) is 0 Å². The number of aromatic carboxylic acids is 1. The van der Waals surface area contributed by atoms with Crippen LogP contribution in [0.1, 0.15) is 35.4 Å². The van der Waals surface area contributed by atoms with Crippen LogP contribution in [0.3, 0.4) is 0 Å². The van der Waals surface area contributed by atoms with Gasteiger partial charge < -0.3 is 19.7 Å². The molecule has 1 aromatic rings. The van der Waals surface area contributed by atoms with E-state index in [0.29, 0.717) is 12.3 Å². The summed E-state index contributed by atoms with van der Waals surface area (Å²) < 4.78 is 5.16. The summed E-state index contributed by atoms with van der Waals surface area (Å²) in [5, 5.41) is 12.2. The molecule has 1 saturated heterocycles. The molecule has 1 aliphatic rings. The molecule has 1 fully saturated rings. The third-order valence-electron chi connectivity index (χ3n) is 3.31. The minimum atomic E-state index is -0.934. The molecular formula is C13H20N2O3. The van der Waals surface area contributed by atoms with E-state index in [1.165, 1.54) is 44.7 Å². The molecule has 0 aromatic carbocycles. The van der Waals surface area contributed by atoms with Gasteiger partial charge in [0.15, 0.2) is 0 Å². The number of likely N-dealkylation sites (tertiary alicyclic amines) is 1. The summed E-state index contributed by atoms with van der Waals surface area (Å²) in [5.74, 6) is -0.433. The molecular weight excluding hydrogens is 232 g/mol. The van der Waals surface area contributed by atoms with Gasteiger partial charge in [0.2, 0.25) is 0 Å². The van der Waals surface area contributed by atoms with E-state index in [9.17, 15) is 4.79 Å². The van der Waals surface area contributed by atoms with Crippen LogP contribution in [-0.4, -0.2) is 42.2 Å². The Labute approximate surface area is 107 Å². The Balaban J connectivity index is 1.68. The molecule has 5 heteroatoms. The van der Waals surface area contributed by atoms with Crippen LogP contribution in [-0.2, 0) is 6.54 Å². The van der Waals surface area contributed by atoms with Crippen molar-refractivity contribution in [3.05, 3.63) is 23.7 Å². The predicted molar refractivity (Wildman–Crippen MR) is 67.7 cm³/mol. The van der Waals surface area contributed by atoms with E-state index in [-0.39, 0.29) is 5.56 Å². The molecule has 0 bridgehead atoms. The number of piperidine rings is 1. The largest absolute Gasteiger partial charge is 0.478 e. The fourth-order valence-electron chi connectivity index (χ4n) is 2.29. The first kappa shape index (κ1) is 13.1. The monoisotopic (exact) mass is 252 g/mol. The van der Waals surface area contributed by atoms with Gasteiger partial charge in [0.1, 0.15) is 11.3 Å². The molecule has 0 saturated carbocycles. The lowest BCUT2D eigenvalue weighted by Crippen LogP contribution is -2.35. The quantitative estimate of drug-likeness (QED) is 0.752. The zero-order chi connectivity index (χ0) is 12.8. The highest BCUT2D eigenvalue weighted by Gasteiger charge is 2.13. The number of carboxylic acid groups (broad SMARTS) is 1. The van der Waals surface area contributed by atoms with Gasteiger partial charge in [-0.25, -0.2) is 4.79 Å². The average Bonchev–Trinajstić information content (AvgIpc) is 2.84. The predicted octanol–water partition coefficient (Wildman–Crippen LogP) is 1.55. The summed E-state index contributed by atoms with van der Waals surface area (Å²) in [6, 6.07) is 1.49. The van der Waals surface area contributed by atoms with Crippen molar-refractivity contribution in [2.45, 2.75) is 25.8 Å². The first-order chi connectivity index (χ1) is 8.77. The summed E-state index contributed by atoms with van der Waals surface area (Å²) >= 11 is 0. The summed E-state index contributed by atoms with van der Waals surface area (Å²) in [6.45, 7) is 4.72. The topological polar surface area (TPSA) is 65.7 Å². The maximum absolute atomic E-state index is 10.9. The Hall–Kier alpha value is -1.33. The van der Waals surface area contributed by atoms with Crippen LogP contribution in [0.15, 0.2) is 16.7 Å². The molecule has 1 aliphatic heterocycles. The van der Waals surface area contributed by atoms with Crippen molar-refractivity contribution >= 4 is 5.97 Å². The van der Waals surface area contributed by atoms with E-state index >= 15 is 0 Å². The SMILES string of the molecule is O=C(O)c1ccoc1CNCCN1CCCCC1. The van der Waals surface area contributed by atoms with Gasteiger partial charge in [-0.05, 0) is 32.0 Å². The van der Waals surface area contributed by atoms with Crippen LogP contribution in [0, 0.1) is 0 Å². The highest BCUT2D eigenvalue weighted by atomic mass is 16.4. The van der Waals surface area contributed by atoms with E-state index in [0.717, 1.165) is 13.1 Å². The van der Waals surface area contributed by atoms with Crippen molar-refractivity contribution < 1.29 is 14.3 Å². The van der Waals surface area contributed by atoms with Crippen molar-refractivity contribution in [2.75, 3.05) is 26.2 Å². The average molecular weight is 252 g/mol. The Morgan fingerprint density at radius 2 is 2.17 bits per heavy atom. The zero-order valence-electron chi connectivity index (χ0n) is 10.5. The van der Waals surface area contributed by atoms with E-state index in [1.807, 2.05) is 0 Å². The Morgan fingerprint density at radius 1 is 1.39 bits per heavy atom. The summed E-state index contributed by atoms with van der Waals surface area (Å²) in [5.41, 5.74) is 0.250. The van der Waals surface area contributed by atoms with Gasteiger partial charge in [-0.1, -0.05) is 6.42 Å². The number of hydrogen-bond donors (Lipinski definition) is 2. The smallest absolute Gasteiger partial charge is 0.339 e. The molecule has 1 aromatic heterocycles. The number of carbonyl (C=O) groups is 1. The van der Waals surface area contributed by atoms with E-state index < -0.39 is 5.97 Å². The molecule has 0 aliphatic carbocycles. The van der Waals surface area contributed by atoms with Crippen molar-refractivity contribution in [2.24, 2.45) is 0 Å². The van der Waals surface area contributed by atoms with Crippen molar-refractivity contribution in [3.8, 4) is 0 Å². The van der Waals surface area contributed by atoms with E-state index in [2.05, 4.69) is 10.2 Å². The van der Waals surface area contributed by atoms with Crippen LogP contribution in [0.2, 0.25) is 0 Å². The Bertz CT molecular complexity index is 383. The number of rotatable bonds is 6. The maximum Gasteiger partial charge on any atom is 0.339 e. The zero-order valence-corrected chi connectivity index (χ0v) is 10.5. The first-order valence-corrected chi connectivity index (χ1v) is 6.50. The van der Waals surface area contributed by atoms with E-state index in [4.69, 9.17) is 9.52 Å². The number of nitrogens with zero attached hydrogens (tertiary/aromatic N) is 1. The molecule has 2 rings (SSSR count). The molecule has 18 heavy (non-hydrogen) atoms. The maximum atomic E-state index is 10.9. The number of furan rings is 1. The molecule has 0 unspecified atom stereocenters. The summed E-state index contributed by atoms with van der Waals surface area (Å²) in [4.78, 5) is 13.3. The summed E-state index contributed by atoms with van der Waals surface area (Å²) in [7, 11) is 0. The molecule has 5 nitrogen and oxygen atoms in total. The van der Waals surface area contributed by atoms with Crippen LogP contribution in [0.4, 0.5) is 0 Å². The molecule has 0 radical (unpaired) electrons. The molecule has 100 valence electrons. The molecule has 2 N–H and O–H groups in total. The third kappa shape index (κ3) is 3.58. The number of hydrogen-bond acceptors (Lipinski definition) is 4. The van der Waals surface area contributed by atoms with Gasteiger partial charge in [-0.3, -0.25) is 0 Å². The van der Waals surface area contributed by atoms with Crippen LogP contribution >= 0.6 is 0 Å². The van der Waals surface area contributed by atoms with Gasteiger partial charge in [0, 0.05) is 13.1 Å². The second kappa shape index (κ2) is 6.56. The minimum Gasteiger partial charge on any atom is -0.478 e. The Morgan fingerprint density at radius 3 is 2.89 bits per heavy atom. The standard InChI is InChI=1S/C13H20N2O3/c16-13(17)11-4-9-18-12(11)10-14-5-8-15-6-2-1-3-7-15/h4,9,14H,1-3,5-8,10H2,(H,16,17). The van der Waals surface area contributed by atoms with Gasteiger partial charge in [0.25, 0.3) is 0 Å². The molecule has 0 spiro atoms. The van der Waals surface area contributed by atoms with Gasteiger partial charge in [-0.2, -0.15) is 0 Å². The normalized spacial score (nSPS) is 16.9. The second-order valence-electron chi connectivity index (χ2n) is 4.64. The lowest BCUT2D eigenvalue weighted by Gasteiger charge is -2.26. The lowest BCUT2D eigenvalue weighted by atomic mass is 10.1. The molecule has 0 amide bonds. The minimum absolute atomic E-state index is 0.250. The molecule has 0 atom stereocenters. The summed E-state index contributed by atoms with van der Waals surface area (Å²) in [6.07, 6.45) is 5.35. The van der Waals surface area contributed by atoms with Crippen LogP contribution < -0.4 is 5.32 Å². The fourth-order valence-corrected chi connectivity index (χ4v) is 2.29. The highest BCUT2D eigenvalue weighted by Crippen LogP contribution is 2.10. The van der Waals surface area contributed by atoms with Crippen molar-refractivity contribution in [3.63, 3.8) is 0 Å². The van der Waals surface area contributed by atoms with Crippen LogP contribution in [0.5, 0.6) is 0 Å². The third-order valence-corrected chi connectivity index (χ3v) is 3.31. The fraction of sp³-hybridized carbons (Fsp3) is 0.615. The van der Waals surface area contributed by atoms with E-state index in [1.54, 1.807) is 0 Å². The van der Waals surface area contributed by atoms with Crippen molar-refractivity contribution in [1.82, 2.24) is 10.2 Å². The van der Waals surface area contributed by atoms with Gasteiger partial charge in [0.05, 0.1) is 12.8 Å². The number of carboxylic acids is 1. The molecule has 2 heterocycles. The first-order valence-electron chi connectivity index (χ1n) is 6.50. The van der Waals surface area contributed by atoms with Crippen LogP contribution in [0.25, 0.3) is 0 Å². The van der Waals surface area contributed by atoms with Gasteiger partial charge in [-0.15, -0.1) is 0 Å². The number of nitrogens with one attached hydrogen (secondary N) is 1. The second-order valence-corrected chi connectivity index (χ2v) is 4.64. The Kier molecular flexibility index (Phi) is 4.78. The van der Waals surface area contributed by atoms with Gasteiger partial charge >= 0.3 is 5.97 Å².